The molecule has 6 rings (SSSR count). The van der Waals surface area contributed by atoms with E-state index in [0.29, 0.717) is 44.5 Å². The number of allylic oxidation sites excluding steroid dienone is 2. The molecular weight excluding hydrogens is 540 g/mol. The Bertz CT molecular complexity index is 1840. The van der Waals surface area contributed by atoms with E-state index in [2.05, 4.69) is 12.1 Å². The second-order valence-corrected chi connectivity index (χ2v) is 9.61. The number of hydrogen-bond donors (Lipinski definition) is 2. The number of ether oxygens (including phenoxy) is 2. The van der Waals surface area contributed by atoms with Crippen LogP contribution in [0, 0.1) is 42.9 Å². The van der Waals surface area contributed by atoms with E-state index in [4.69, 9.17) is 20.9 Å². The predicted molar refractivity (Wildman–Crippen MR) is 149 cm³/mol. The Hall–Kier alpha value is -6.40. The maximum Gasteiger partial charge on any atom is 0.269 e. The lowest BCUT2D eigenvalue weighted by Crippen LogP contribution is -2.22. The van der Waals surface area contributed by atoms with Crippen LogP contribution in [-0.2, 0) is 0 Å². The number of hydrogen-bond acceptors (Lipinski definition) is 10. The van der Waals surface area contributed by atoms with Crippen LogP contribution in [0.1, 0.15) is 34.1 Å². The van der Waals surface area contributed by atoms with Crippen LogP contribution in [0.2, 0.25) is 0 Å². The number of nitrogens with two attached hydrogens (primary N) is 2. The van der Waals surface area contributed by atoms with Crippen molar-refractivity contribution in [3.05, 3.63) is 138 Å². The number of non-ortho nitro benzene ring substituents is 2. The molecule has 0 bridgehead atoms. The molecule has 0 fully saturated rings. The molecule has 2 aliphatic rings. The van der Waals surface area contributed by atoms with Gasteiger partial charge in [0.05, 0.1) is 21.7 Å². The summed E-state index contributed by atoms with van der Waals surface area (Å²) < 4.78 is 12.0. The lowest BCUT2D eigenvalue weighted by Gasteiger charge is -2.30. The molecule has 4 aromatic carbocycles. The zero-order chi connectivity index (χ0) is 29.7. The van der Waals surface area contributed by atoms with Gasteiger partial charge in [-0.25, -0.2) is 0 Å². The van der Waals surface area contributed by atoms with Gasteiger partial charge in [-0.15, -0.1) is 0 Å². The molecule has 4 aromatic rings. The molecule has 0 aromatic heterocycles. The minimum absolute atomic E-state index is 0.0891. The van der Waals surface area contributed by atoms with Gasteiger partial charge in [-0.3, -0.25) is 20.2 Å². The lowest BCUT2D eigenvalue weighted by atomic mass is 9.80. The maximum atomic E-state index is 11.2. The summed E-state index contributed by atoms with van der Waals surface area (Å²) in [5, 5.41) is 43.4. The van der Waals surface area contributed by atoms with Crippen LogP contribution in [0.15, 0.2) is 95.7 Å². The second-order valence-electron chi connectivity index (χ2n) is 9.61. The minimum Gasteiger partial charge on any atom is -0.440 e. The van der Waals surface area contributed by atoms with Crippen molar-refractivity contribution in [1.82, 2.24) is 0 Å². The summed E-state index contributed by atoms with van der Waals surface area (Å²) in [5.74, 6) is -0.754. The molecule has 0 saturated heterocycles. The van der Waals surface area contributed by atoms with Crippen molar-refractivity contribution in [2.75, 3.05) is 0 Å². The van der Waals surface area contributed by atoms with Crippen molar-refractivity contribution in [2.45, 2.75) is 11.8 Å². The van der Waals surface area contributed by atoms with Crippen LogP contribution in [0.5, 0.6) is 11.5 Å². The molecular formula is C30H18N6O6. The summed E-state index contributed by atoms with van der Waals surface area (Å²) in [6.45, 7) is 0. The number of nitriles is 2. The third-order valence-electron chi connectivity index (χ3n) is 7.43. The number of rotatable bonds is 4. The lowest BCUT2D eigenvalue weighted by molar-refractivity contribution is -0.385. The third-order valence-corrected chi connectivity index (χ3v) is 7.43. The van der Waals surface area contributed by atoms with E-state index in [9.17, 15) is 30.8 Å². The molecule has 0 spiro atoms. The summed E-state index contributed by atoms with van der Waals surface area (Å²) in [6, 6.07) is 23.0. The van der Waals surface area contributed by atoms with Gasteiger partial charge in [0, 0.05) is 46.2 Å². The van der Waals surface area contributed by atoms with Gasteiger partial charge in [-0.1, -0.05) is 48.5 Å². The number of fused-ring (bicyclic) bond motifs is 5. The number of nitrogens with zero attached hydrogens (tertiary/aromatic N) is 4. The Morgan fingerprint density at radius 3 is 1.29 bits per heavy atom. The van der Waals surface area contributed by atoms with Gasteiger partial charge in [-0.05, 0) is 11.1 Å². The molecule has 42 heavy (non-hydrogen) atoms. The topological polar surface area (TPSA) is 204 Å². The van der Waals surface area contributed by atoms with E-state index < -0.39 is 21.7 Å². The summed E-state index contributed by atoms with van der Waals surface area (Å²) in [6.07, 6.45) is 0. The van der Waals surface area contributed by atoms with E-state index in [-0.39, 0.29) is 34.3 Å². The highest BCUT2D eigenvalue weighted by Gasteiger charge is 2.35. The highest BCUT2D eigenvalue weighted by atomic mass is 16.6. The van der Waals surface area contributed by atoms with Gasteiger partial charge in [0.25, 0.3) is 11.4 Å². The van der Waals surface area contributed by atoms with Crippen molar-refractivity contribution >= 4 is 22.1 Å². The summed E-state index contributed by atoms with van der Waals surface area (Å²) in [7, 11) is 0. The van der Waals surface area contributed by atoms with E-state index in [1.165, 1.54) is 24.3 Å². The van der Waals surface area contributed by atoms with Crippen LogP contribution < -0.4 is 20.9 Å². The van der Waals surface area contributed by atoms with Crippen molar-refractivity contribution in [1.29, 1.82) is 10.5 Å². The molecule has 0 radical (unpaired) electrons. The average Bonchev–Trinajstić information content (AvgIpc) is 2.99. The van der Waals surface area contributed by atoms with Crippen LogP contribution in [-0.4, -0.2) is 9.85 Å². The monoisotopic (exact) mass is 558 g/mol. The molecule has 2 unspecified atom stereocenters. The second kappa shape index (κ2) is 9.66. The summed E-state index contributed by atoms with van der Waals surface area (Å²) in [4.78, 5) is 21.3. The van der Waals surface area contributed by atoms with Crippen molar-refractivity contribution in [2.24, 2.45) is 11.5 Å². The summed E-state index contributed by atoms with van der Waals surface area (Å²) >= 11 is 0. The highest BCUT2D eigenvalue weighted by molar-refractivity contribution is 5.97. The highest BCUT2D eigenvalue weighted by Crippen LogP contribution is 2.51. The zero-order valence-electron chi connectivity index (χ0n) is 21.5. The standard InChI is InChI=1S/C30H18N6O6/c31-13-23-25(15-1-5-17(6-2-15)35(37)38)21-11-9-20-19(27(21)41-29(23)33)10-12-22-26(24(14-32)30(34)42-28(20)22)16-3-7-18(8-4-16)36(39)40/h1-12,25-26H,33-34H2. The fraction of sp³-hybridized carbons (Fsp3) is 0.0667. The fourth-order valence-electron chi connectivity index (χ4n) is 5.50. The van der Waals surface area contributed by atoms with Gasteiger partial charge in [0.15, 0.2) is 0 Å². The van der Waals surface area contributed by atoms with Crippen LogP contribution in [0.25, 0.3) is 10.8 Å². The Morgan fingerprint density at radius 2 is 0.976 bits per heavy atom. The first-order chi connectivity index (χ1) is 20.2. The Morgan fingerprint density at radius 1 is 0.619 bits per heavy atom. The SMILES string of the molecule is N#CC1=C(N)Oc2c(ccc3c4c(ccc23)C(c2ccc([N+](=O)[O-])cc2)C(C#N)=C(N)O4)C1c1ccc([N+](=O)[O-])cc1. The van der Waals surface area contributed by atoms with Crippen molar-refractivity contribution < 1.29 is 19.3 Å². The molecule has 2 heterocycles. The average molecular weight is 559 g/mol. The normalized spacial score (nSPS) is 17.3. The Kier molecular flexibility index (Phi) is 5.94. The smallest absolute Gasteiger partial charge is 0.269 e. The van der Waals surface area contributed by atoms with Crippen molar-refractivity contribution in [3.8, 4) is 23.6 Å². The molecule has 12 heteroatoms. The van der Waals surface area contributed by atoms with Gasteiger partial charge < -0.3 is 20.9 Å². The number of nitro benzene ring substituents is 2. The van der Waals surface area contributed by atoms with Crippen LogP contribution in [0.3, 0.4) is 0 Å². The molecule has 2 atom stereocenters. The largest absolute Gasteiger partial charge is 0.440 e. The van der Waals surface area contributed by atoms with Gasteiger partial charge >= 0.3 is 0 Å². The van der Waals surface area contributed by atoms with Crippen molar-refractivity contribution in [3.63, 3.8) is 0 Å². The molecule has 0 amide bonds. The molecule has 0 aliphatic carbocycles. The Labute approximate surface area is 237 Å². The van der Waals surface area contributed by atoms with Gasteiger partial charge in [0.2, 0.25) is 11.8 Å². The van der Waals surface area contributed by atoms with Crippen LogP contribution in [0.4, 0.5) is 11.4 Å². The first-order valence-electron chi connectivity index (χ1n) is 12.5. The predicted octanol–water partition coefficient (Wildman–Crippen LogP) is 5.09. The first-order valence-corrected chi connectivity index (χ1v) is 12.5. The molecule has 12 nitrogen and oxygen atoms in total. The van der Waals surface area contributed by atoms with Gasteiger partial charge in [-0.2, -0.15) is 10.5 Å². The molecule has 4 N–H and O–H groups in total. The fourth-order valence-corrected chi connectivity index (χ4v) is 5.50. The van der Waals surface area contributed by atoms with Gasteiger partial charge in [0.1, 0.15) is 34.8 Å². The Balaban J connectivity index is 1.53. The van der Waals surface area contributed by atoms with Crippen LogP contribution >= 0.6 is 0 Å². The number of nitro groups is 2. The zero-order valence-corrected chi connectivity index (χ0v) is 21.5. The molecule has 204 valence electrons. The quantitative estimate of drug-likeness (QED) is 0.250. The van der Waals surface area contributed by atoms with E-state index in [1.54, 1.807) is 48.5 Å². The third kappa shape index (κ3) is 3.91. The minimum atomic E-state index is -0.649. The molecule has 2 aliphatic heterocycles. The molecule has 0 saturated carbocycles. The van der Waals surface area contributed by atoms with E-state index in [0.717, 1.165) is 0 Å². The number of benzene rings is 4. The summed E-state index contributed by atoms with van der Waals surface area (Å²) in [5.41, 5.74) is 15.0. The van der Waals surface area contributed by atoms with E-state index in [1.807, 2.05) is 0 Å². The van der Waals surface area contributed by atoms with E-state index >= 15 is 0 Å². The first kappa shape index (κ1) is 25.9. The maximum absolute atomic E-state index is 11.2.